The van der Waals surface area contributed by atoms with E-state index in [1.54, 1.807) is 0 Å². The van der Waals surface area contributed by atoms with Gasteiger partial charge in [0.15, 0.2) is 0 Å². The minimum Gasteiger partial charge on any atom is -0.299 e. The molecule has 0 saturated heterocycles. The highest BCUT2D eigenvalue weighted by Gasteiger charge is 2.57. The zero-order valence-corrected chi connectivity index (χ0v) is 11.1. The van der Waals surface area contributed by atoms with Crippen LogP contribution in [0.4, 0.5) is 0 Å². The molecule has 0 radical (unpaired) electrons. The van der Waals surface area contributed by atoms with Crippen LogP contribution >= 0.6 is 0 Å². The van der Waals surface area contributed by atoms with E-state index in [4.69, 9.17) is 0 Å². The first-order valence-corrected chi connectivity index (χ1v) is 7.11. The standard InChI is InChI=1S/C15H26O/c1-4-5-6-7-8-11-9-12-10-13(14(11)16)15(12,2)3/h11-13H,4-10H2,1-3H3/t11-,12-,13-/m1/s1. The summed E-state index contributed by atoms with van der Waals surface area (Å²) in [6.07, 6.45) is 8.76. The highest BCUT2D eigenvalue weighted by molar-refractivity contribution is 5.86. The van der Waals surface area contributed by atoms with E-state index in [-0.39, 0.29) is 0 Å². The lowest BCUT2D eigenvalue weighted by Crippen LogP contribution is -2.56. The van der Waals surface area contributed by atoms with Gasteiger partial charge in [0, 0.05) is 11.8 Å². The third-order valence-corrected chi connectivity index (χ3v) is 5.19. The van der Waals surface area contributed by atoms with E-state index in [9.17, 15) is 4.79 Å². The number of hydrogen-bond acceptors (Lipinski definition) is 1. The molecule has 0 aromatic carbocycles. The van der Waals surface area contributed by atoms with E-state index >= 15 is 0 Å². The van der Waals surface area contributed by atoms with Crippen molar-refractivity contribution in [2.75, 3.05) is 0 Å². The second kappa shape index (κ2) is 4.50. The molecule has 0 spiro atoms. The van der Waals surface area contributed by atoms with Crippen molar-refractivity contribution in [1.29, 1.82) is 0 Å². The maximum Gasteiger partial charge on any atom is 0.139 e. The predicted octanol–water partition coefficient (Wildman–Crippen LogP) is 4.21. The van der Waals surface area contributed by atoms with Crippen LogP contribution in [0.3, 0.4) is 0 Å². The lowest BCUT2D eigenvalue weighted by atomic mass is 9.46. The summed E-state index contributed by atoms with van der Waals surface area (Å²) in [5, 5.41) is 0. The van der Waals surface area contributed by atoms with E-state index < -0.39 is 0 Å². The lowest BCUT2D eigenvalue weighted by Gasteiger charge is -2.57. The molecule has 3 aliphatic carbocycles. The Hall–Kier alpha value is -0.330. The molecule has 0 aromatic rings. The third kappa shape index (κ3) is 1.94. The van der Waals surface area contributed by atoms with Crippen LogP contribution < -0.4 is 0 Å². The highest BCUT2D eigenvalue weighted by atomic mass is 16.1. The van der Waals surface area contributed by atoms with Crippen LogP contribution in [0, 0.1) is 23.2 Å². The van der Waals surface area contributed by atoms with Crippen molar-refractivity contribution < 1.29 is 4.79 Å². The van der Waals surface area contributed by atoms with Crippen molar-refractivity contribution in [2.45, 2.75) is 65.7 Å². The monoisotopic (exact) mass is 222 g/mol. The summed E-state index contributed by atoms with van der Waals surface area (Å²) in [6.45, 7) is 6.82. The van der Waals surface area contributed by atoms with E-state index in [1.807, 2.05) is 0 Å². The highest BCUT2D eigenvalue weighted by Crippen LogP contribution is 2.59. The fourth-order valence-electron chi connectivity index (χ4n) is 3.72. The van der Waals surface area contributed by atoms with Gasteiger partial charge in [0.25, 0.3) is 0 Å². The molecule has 0 aliphatic heterocycles. The van der Waals surface area contributed by atoms with Crippen molar-refractivity contribution in [1.82, 2.24) is 0 Å². The first kappa shape index (κ1) is 12.1. The van der Waals surface area contributed by atoms with Gasteiger partial charge in [-0.05, 0) is 30.6 Å². The van der Waals surface area contributed by atoms with Crippen molar-refractivity contribution in [3.63, 3.8) is 0 Å². The summed E-state index contributed by atoms with van der Waals surface area (Å²) in [5.74, 6) is 2.27. The molecule has 0 N–H and O–H groups in total. The topological polar surface area (TPSA) is 17.1 Å². The van der Waals surface area contributed by atoms with E-state index in [1.165, 1.54) is 44.9 Å². The van der Waals surface area contributed by atoms with Gasteiger partial charge >= 0.3 is 0 Å². The number of carbonyl (C=O) groups excluding carboxylic acids is 1. The Bertz CT molecular complexity index is 267. The minimum absolute atomic E-state index is 0.330. The third-order valence-electron chi connectivity index (χ3n) is 5.19. The van der Waals surface area contributed by atoms with Gasteiger partial charge in [-0.1, -0.05) is 46.5 Å². The van der Waals surface area contributed by atoms with Gasteiger partial charge in [-0.2, -0.15) is 0 Å². The summed E-state index contributed by atoms with van der Waals surface area (Å²) < 4.78 is 0. The molecule has 3 atom stereocenters. The van der Waals surface area contributed by atoms with Gasteiger partial charge in [-0.15, -0.1) is 0 Å². The Kier molecular flexibility index (Phi) is 3.42. The van der Waals surface area contributed by atoms with Gasteiger partial charge < -0.3 is 0 Å². The summed E-state index contributed by atoms with van der Waals surface area (Å²) in [4.78, 5) is 12.2. The maximum atomic E-state index is 12.2. The summed E-state index contributed by atoms with van der Waals surface area (Å²) in [7, 11) is 0. The minimum atomic E-state index is 0.330. The number of rotatable bonds is 5. The molecule has 2 bridgehead atoms. The fourth-order valence-corrected chi connectivity index (χ4v) is 3.72. The molecule has 3 aliphatic rings. The van der Waals surface area contributed by atoms with Gasteiger partial charge in [0.05, 0.1) is 0 Å². The number of carbonyl (C=O) groups is 1. The number of ketones is 1. The van der Waals surface area contributed by atoms with Crippen LogP contribution in [-0.4, -0.2) is 5.78 Å². The van der Waals surface area contributed by atoms with Gasteiger partial charge in [-0.25, -0.2) is 0 Å². The van der Waals surface area contributed by atoms with Crippen LogP contribution in [0.15, 0.2) is 0 Å². The van der Waals surface area contributed by atoms with Crippen LogP contribution in [0.2, 0.25) is 0 Å². The molecule has 0 unspecified atom stereocenters. The number of hydrogen-bond donors (Lipinski definition) is 0. The van der Waals surface area contributed by atoms with Crippen LogP contribution in [0.25, 0.3) is 0 Å². The largest absolute Gasteiger partial charge is 0.299 e. The van der Waals surface area contributed by atoms with E-state index in [2.05, 4.69) is 20.8 Å². The fraction of sp³-hybridized carbons (Fsp3) is 0.933. The first-order chi connectivity index (χ1) is 7.57. The molecule has 92 valence electrons. The van der Waals surface area contributed by atoms with Crippen LogP contribution in [0.1, 0.15) is 65.7 Å². The second-order valence-electron chi connectivity index (χ2n) is 6.49. The Balaban J connectivity index is 1.80. The van der Waals surface area contributed by atoms with E-state index in [0.717, 1.165) is 5.92 Å². The predicted molar refractivity (Wildman–Crippen MR) is 67.3 cm³/mol. The van der Waals surface area contributed by atoms with E-state index in [0.29, 0.717) is 23.0 Å². The molecule has 0 amide bonds. The van der Waals surface area contributed by atoms with Crippen molar-refractivity contribution >= 4 is 5.78 Å². The summed E-state index contributed by atoms with van der Waals surface area (Å²) >= 11 is 0. The zero-order valence-electron chi connectivity index (χ0n) is 11.1. The van der Waals surface area contributed by atoms with Crippen molar-refractivity contribution in [3.8, 4) is 0 Å². The normalized spacial score (nSPS) is 35.9. The smallest absolute Gasteiger partial charge is 0.139 e. The lowest BCUT2D eigenvalue weighted by molar-refractivity contribution is -0.157. The molecule has 1 nitrogen and oxygen atoms in total. The molecule has 3 saturated carbocycles. The molecule has 0 aromatic heterocycles. The zero-order chi connectivity index (χ0) is 11.8. The quantitative estimate of drug-likeness (QED) is 0.637. The number of unbranched alkanes of at least 4 members (excludes halogenated alkanes) is 3. The SMILES string of the molecule is CCCCCC[C@@H]1C[C@@H]2C[C@H](C1=O)C2(C)C. The molecule has 3 rings (SSSR count). The molecular weight excluding hydrogens is 196 g/mol. The molecular formula is C15H26O. The van der Waals surface area contributed by atoms with Gasteiger partial charge in [0.2, 0.25) is 0 Å². The number of Topliss-reactive ketones (excluding diaryl/α,β-unsaturated/α-hetero) is 1. The van der Waals surface area contributed by atoms with Crippen molar-refractivity contribution in [2.24, 2.45) is 23.2 Å². The molecule has 1 heteroatoms. The van der Waals surface area contributed by atoms with Gasteiger partial charge in [0.1, 0.15) is 5.78 Å². The van der Waals surface area contributed by atoms with Crippen LogP contribution in [-0.2, 0) is 4.79 Å². The van der Waals surface area contributed by atoms with Crippen LogP contribution in [0.5, 0.6) is 0 Å². The summed E-state index contributed by atoms with van der Waals surface area (Å²) in [6, 6.07) is 0. The Labute approximate surface area is 100.0 Å². The first-order valence-electron chi connectivity index (χ1n) is 7.11. The summed E-state index contributed by atoms with van der Waals surface area (Å²) in [5.41, 5.74) is 0.330. The maximum absolute atomic E-state index is 12.2. The molecule has 0 heterocycles. The average Bonchev–Trinajstić information content (AvgIpc) is 2.25. The van der Waals surface area contributed by atoms with Gasteiger partial charge in [-0.3, -0.25) is 4.79 Å². The second-order valence-corrected chi connectivity index (χ2v) is 6.49. The Morgan fingerprint density at radius 2 is 1.94 bits per heavy atom. The Morgan fingerprint density at radius 1 is 1.19 bits per heavy atom. The van der Waals surface area contributed by atoms with Crippen molar-refractivity contribution in [3.05, 3.63) is 0 Å². The number of fused-ring (bicyclic) bond motifs is 2. The molecule has 3 fully saturated rings. The average molecular weight is 222 g/mol. The molecule has 16 heavy (non-hydrogen) atoms. The Morgan fingerprint density at radius 3 is 2.50 bits per heavy atom.